The molecular formula is C20H33N5O. The van der Waals surface area contributed by atoms with Crippen LogP contribution in [0.3, 0.4) is 0 Å². The SMILES string of the molecule is CN=C(NCc1cccc(NC(C)=O)c1)NCC(C)(C)N1CCCCC1. The lowest BCUT2D eigenvalue weighted by Gasteiger charge is -2.41. The number of guanidine groups is 1. The number of nitrogens with zero attached hydrogens (tertiary/aromatic N) is 2. The van der Waals surface area contributed by atoms with E-state index >= 15 is 0 Å². The fourth-order valence-electron chi connectivity index (χ4n) is 3.28. The fraction of sp³-hybridized carbons (Fsp3) is 0.600. The quantitative estimate of drug-likeness (QED) is 0.539. The molecule has 3 N–H and O–H groups in total. The Labute approximate surface area is 157 Å². The number of amides is 1. The van der Waals surface area contributed by atoms with Crippen LogP contribution in [0.15, 0.2) is 29.3 Å². The van der Waals surface area contributed by atoms with Crippen LogP contribution in [0.5, 0.6) is 0 Å². The summed E-state index contributed by atoms with van der Waals surface area (Å²) in [4.78, 5) is 18.1. The number of nitrogens with one attached hydrogen (secondary N) is 3. The minimum atomic E-state index is -0.0625. The summed E-state index contributed by atoms with van der Waals surface area (Å²) in [7, 11) is 1.79. The van der Waals surface area contributed by atoms with Gasteiger partial charge in [0.1, 0.15) is 0 Å². The van der Waals surface area contributed by atoms with Gasteiger partial charge >= 0.3 is 0 Å². The molecule has 0 saturated carbocycles. The lowest BCUT2D eigenvalue weighted by atomic mass is 9.98. The normalized spacial score (nSPS) is 16.2. The van der Waals surface area contributed by atoms with Gasteiger partial charge in [-0.3, -0.25) is 14.7 Å². The van der Waals surface area contributed by atoms with Gasteiger partial charge < -0.3 is 16.0 Å². The van der Waals surface area contributed by atoms with Crippen LogP contribution in [0.25, 0.3) is 0 Å². The summed E-state index contributed by atoms with van der Waals surface area (Å²) in [5, 5.41) is 9.61. The van der Waals surface area contributed by atoms with E-state index in [1.807, 2.05) is 24.3 Å². The maximum absolute atomic E-state index is 11.2. The molecule has 0 radical (unpaired) electrons. The molecule has 2 rings (SSSR count). The van der Waals surface area contributed by atoms with E-state index in [9.17, 15) is 4.79 Å². The van der Waals surface area contributed by atoms with E-state index in [0.29, 0.717) is 6.54 Å². The first-order chi connectivity index (χ1) is 12.4. The number of benzene rings is 1. The first kappa shape index (κ1) is 20.2. The summed E-state index contributed by atoms with van der Waals surface area (Å²) in [6.45, 7) is 9.94. The summed E-state index contributed by atoms with van der Waals surface area (Å²) in [5.41, 5.74) is 2.00. The standard InChI is InChI=1S/C20H33N5O/c1-16(26)24-18-10-8-9-17(13-18)14-22-19(21-4)23-15-20(2,3)25-11-6-5-7-12-25/h8-10,13H,5-7,11-12,14-15H2,1-4H3,(H,24,26)(H2,21,22,23). The zero-order chi connectivity index (χ0) is 19.0. The highest BCUT2D eigenvalue weighted by Gasteiger charge is 2.27. The maximum atomic E-state index is 11.2. The van der Waals surface area contributed by atoms with Crippen LogP contribution in [0.2, 0.25) is 0 Å². The molecule has 26 heavy (non-hydrogen) atoms. The molecule has 0 spiro atoms. The number of carbonyl (C=O) groups is 1. The first-order valence-electron chi connectivity index (χ1n) is 9.47. The van der Waals surface area contributed by atoms with E-state index in [1.54, 1.807) is 7.05 Å². The molecule has 6 nitrogen and oxygen atoms in total. The molecule has 6 heteroatoms. The Morgan fingerprint density at radius 1 is 1.19 bits per heavy atom. The molecule has 1 aromatic rings. The van der Waals surface area contributed by atoms with E-state index in [0.717, 1.165) is 23.8 Å². The predicted octanol–water partition coefficient (Wildman–Crippen LogP) is 2.57. The summed E-state index contributed by atoms with van der Waals surface area (Å²) in [5.74, 6) is 0.729. The van der Waals surface area contributed by atoms with Crippen LogP contribution < -0.4 is 16.0 Å². The molecule has 0 bridgehead atoms. The molecule has 1 amide bonds. The third kappa shape index (κ3) is 6.33. The lowest BCUT2D eigenvalue weighted by Crippen LogP contribution is -2.54. The Bertz CT molecular complexity index is 620. The van der Waals surface area contributed by atoms with E-state index in [4.69, 9.17) is 0 Å². The van der Waals surface area contributed by atoms with Gasteiger partial charge in [0.15, 0.2) is 5.96 Å². The predicted molar refractivity (Wildman–Crippen MR) is 108 cm³/mol. The Kier molecular flexibility index (Phi) is 7.45. The van der Waals surface area contributed by atoms with Crippen molar-refractivity contribution >= 4 is 17.6 Å². The highest BCUT2D eigenvalue weighted by molar-refractivity contribution is 5.88. The zero-order valence-corrected chi connectivity index (χ0v) is 16.6. The second kappa shape index (κ2) is 9.57. The topological polar surface area (TPSA) is 68.8 Å². The number of carbonyl (C=O) groups excluding carboxylic acids is 1. The van der Waals surface area contributed by atoms with Gasteiger partial charge in [0.2, 0.25) is 5.91 Å². The number of hydrogen-bond donors (Lipinski definition) is 3. The van der Waals surface area contributed by atoms with Crippen molar-refractivity contribution in [3.05, 3.63) is 29.8 Å². The molecule has 1 aliphatic rings. The van der Waals surface area contributed by atoms with Crippen molar-refractivity contribution in [1.82, 2.24) is 15.5 Å². The van der Waals surface area contributed by atoms with Crippen LogP contribution in [0, 0.1) is 0 Å². The maximum Gasteiger partial charge on any atom is 0.221 e. The van der Waals surface area contributed by atoms with Crippen molar-refractivity contribution in [2.24, 2.45) is 4.99 Å². The molecule has 1 aromatic carbocycles. The largest absolute Gasteiger partial charge is 0.355 e. The van der Waals surface area contributed by atoms with Gasteiger partial charge in [-0.2, -0.15) is 0 Å². The molecule has 1 fully saturated rings. The Hall–Kier alpha value is -2.08. The van der Waals surface area contributed by atoms with E-state index in [-0.39, 0.29) is 11.4 Å². The summed E-state index contributed by atoms with van der Waals surface area (Å²) in [6.07, 6.45) is 3.93. The van der Waals surface area contributed by atoms with Gasteiger partial charge in [-0.1, -0.05) is 18.6 Å². The molecule has 0 unspecified atom stereocenters. The average Bonchev–Trinajstić information content (AvgIpc) is 2.62. The fourth-order valence-corrected chi connectivity index (χ4v) is 3.28. The van der Waals surface area contributed by atoms with Crippen molar-refractivity contribution in [2.75, 3.05) is 32.0 Å². The monoisotopic (exact) mass is 359 g/mol. The van der Waals surface area contributed by atoms with Crippen LogP contribution in [-0.2, 0) is 11.3 Å². The number of anilines is 1. The number of aliphatic imine (C=N–C) groups is 1. The van der Waals surface area contributed by atoms with Gasteiger partial charge in [-0.25, -0.2) is 0 Å². The van der Waals surface area contributed by atoms with Gasteiger partial charge in [-0.15, -0.1) is 0 Å². The molecule has 0 aromatic heterocycles. The van der Waals surface area contributed by atoms with E-state index < -0.39 is 0 Å². The van der Waals surface area contributed by atoms with Crippen molar-refractivity contribution < 1.29 is 4.79 Å². The number of hydrogen-bond acceptors (Lipinski definition) is 3. The summed E-state index contributed by atoms with van der Waals surface area (Å²) >= 11 is 0. The second-order valence-corrected chi connectivity index (χ2v) is 7.52. The average molecular weight is 360 g/mol. The molecule has 1 aliphatic heterocycles. The first-order valence-corrected chi connectivity index (χ1v) is 9.47. The van der Waals surface area contributed by atoms with Gasteiger partial charge in [0.05, 0.1) is 0 Å². The molecule has 1 heterocycles. The van der Waals surface area contributed by atoms with Crippen LogP contribution in [-0.4, -0.2) is 49.0 Å². The highest BCUT2D eigenvalue weighted by atomic mass is 16.1. The van der Waals surface area contributed by atoms with Crippen LogP contribution in [0.4, 0.5) is 5.69 Å². The molecule has 1 saturated heterocycles. The van der Waals surface area contributed by atoms with Gasteiger partial charge in [-0.05, 0) is 57.5 Å². The van der Waals surface area contributed by atoms with Crippen LogP contribution >= 0.6 is 0 Å². The summed E-state index contributed by atoms with van der Waals surface area (Å²) < 4.78 is 0. The molecule has 144 valence electrons. The Morgan fingerprint density at radius 2 is 1.92 bits per heavy atom. The lowest BCUT2D eigenvalue weighted by molar-refractivity contribution is -0.114. The molecular weight excluding hydrogens is 326 g/mol. The van der Waals surface area contributed by atoms with E-state index in [2.05, 4.69) is 39.7 Å². The third-order valence-electron chi connectivity index (χ3n) is 4.83. The van der Waals surface area contributed by atoms with E-state index in [1.165, 1.54) is 39.3 Å². The summed E-state index contributed by atoms with van der Waals surface area (Å²) in [6, 6.07) is 7.83. The minimum absolute atomic E-state index is 0.0625. The number of rotatable bonds is 6. The number of likely N-dealkylation sites (tertiary alicyclic amines) is 1. The van der Waals surface area contributed by atoms with Crippen LogP contribution in [0.1, 0.15) is 45.6 Å². The van der Waals surface area contributed by atoms with Crippen molar-refractivity contribution in [1.29, 1.82) is 0 Å². The van der Waals surface area contributed by atoms with Crippen molar-refractivity contribution in [3.8, 4) is 0 Å². The number of piperidine rings is 1. The molecule has 0 aliphatic carbocycles. The van der Waals surface area contributed by atoms with Crippen molar-refractivity contribution in [2.45, 2.75) is 52.1 Å². The van der Waals surface area contributed by atoms with Gasteiger partial charge in [0.25, 0.3) is 0 Å². The second-order valence-electron chi connectivity index (χ2n) is 7.52. The minimum Gasteiger partial charge on any atom is -0.355 e. The van der Waals surface area contributed by atoms with Gasteiger partial charge in [0, 0.05) is 38.3 Å². The highest BCUT2D eigenvalue weighted by Crippen LogP contribution is 2.19. The third-order valence-corrected chi connectivity index (χ3v) is 4.83. The molecule has 0 atom stereocenters. The Balaban J connectivity index is 1.85. The zero-order valence-electron chi connectivity index (χ0n) is 16.6. The smallest absolute Gasteiger partial charge is 0.221 e. The van der Waals surface area contributed by atoms with Crippen molar-refractivity contribution in [3.63, 3.8) is 0 Å². The Morgan fingerprint density at radius 3 is 2.58 bits per heavy atom.